The van der Waals surface area contributed by atoms with Crippen LogP contribution < -0.4 is 27.4 Å². The Morgan fingerprint density at radius 3 is 1.97 bits per heavy atom. The molecule has 11 nitrogen and oxygen atoms in total. The molecule has 9 N–H and O–H groups in total. The van der Waals surface area contributed by atoms with E-state index in [4.69, 9.17) is 16.6 Å². The molecule has 0 aromatic rings. The minimum atomic E-state index is -1.20. The van der Waals surface area contributed by atoms with Gasteiger partial charge in [-0.2, -0.15) is 11.8 Å². The van der Waals surface area contributed by atoms with Gasteiger partial charge in [-0.05, 0) is 58.1 Å². The number of carbonyl (C=O) groups excluding carboxylic acids is 3. The third kappa shape index (κ3) is 10.8. The Hall–Kier alpha value is -1.89. The van der Waals surface area contributed by atoms with Crippen LogP contribution in [-0.4, -0.2) is 82.7 Å². The summed E-state index contributed by atoms with van der Waals surface area (Å²) in [5.41, 5.74) is 11.1. The number of hydrogen-bond acceptors (Lipinski definition) is 8. The van der Waals surface area contributed by atoms with Gasteiger partial charge in [-0.3, -0.25) is 19.2 Å². The number of amides is 3. The fourth-order valence-corrected chi connectivity index (χ4v) is 2.87. The van der Waals surface area contributed by atoms with Crippen LogP contribution in [0.1, 0.15) is 39.5 Å². The molecule has 0 aliphatic heterocycles. The molecule has 174 valence electrons. The van der Waals surface area contributed by atoms with Gasteiger partial charge in [0.25, 0.3) is 0 Å². The molecular formula is C18H35N5O6S. The molecule has 0 aromatic heterocycles. The van der Waals surface area contributed by atoms with Crippen molar-refractivity contribution in [2.24, 2.45) is 11.5 Å². The molecule has 0 aliphatic carbocycles. The average Bonchev–Trinajstić information content (AvgIpc) is 2.68. The lowest BCUT2D eigenvalue weighted by atomic mass is 10.1. The Morgan fingerprint density at radius 1 is 0.933 bits per heavy atom. The maximum Gasteiger partial charge on any atom is 0.325 e. The molecule has 30 heavy (non-hydrogen) atoms. The van der Waals surface area contributed by atoms with Crippen LogP contribution in [0.15, 0.2) is 0 Å². The van der Waals surface area contributed by atoms with Gasteiger partial charge in [0.2, 0.25) is 17.7 Å². The highest BCUT2D eigenvalue weighted by atomic mass is 32.2. The molecule has 5 unspecified atom stereocenters. The van der Waals surface area contributed by atoms with Crippen molar-refractivity contribution in [3.8, 4) is 0 Å². The molecular weight excluding hydrogens is 414 g/mol. The summed E-state index contributed by atoms with van der Waals surface area (Å²) in [5.74, 6) is -2.55. The number of aliphatic hydroxyl groups excluding tert-OH is 1. The van der Waals surface area contributed by atoms with E-state index >= 15 is 0 Å². The van der Waals surface area contributed by atoms with Crippen molar-refractivity contribution in [3.63, 3.8) is 0 Å². The molecule has 0 spiro atoms. The summed E-state index contributed by atoms with van der Waals surface area (Å²) < 4.78 is 0. The monoisotopic (exact) mass is 449 g/mol. The predicted molar refractivity (Wildman–Crippen MR) is 115 cm³/mol. The van der Waals surface area contributed by atoms with Gasteiger partial charge >= 0.3 is 5.97 Å². The summed E-state index contributed by atoms with van der Waals surface area (Å²) >= 11 is 1.47. The van der Waals surface area contributed by atoms with E-state index in [2.05, 4.69) is 16.0 Å². The van der Waals surface area contributed by atoms with E-state index in [9.17, 15) is 24.3 Å². The second-order valence-corrected chi connectivity index (χ2v) is 8.01. The van der Waals surface area contributed by atoms with Crippen molar-refractivity contribution >= 4 is 35.5 Å². The lowest BCUT2D eigenvalue weighted by molar-refractivity contribution is -0.141. The van der Waals surface area contributed by atoms with Gasteiger partial charge in [0.05, 0.1) is 6.10 Å². The first-order valence-electron chi connectivity index (χ1n) is 9.81. The molecule has 0 rings (SSSR count). The van der Waals surface area contributed by atoms with Crippen molar-refractivity contribution < 1.29 is 29.4 Å². The van der Waals surface area contributed by atoms with Gasteiger partial charge in [0, 0.05) is 0 Å². The Bertz CT molecular complexity index is 577. The Balaban J connectivity index is 5.29. The molecule has 3 amide bonds. The van der Waals surface area contributed by atoms with E-state index in [0.29, 0.717) is 25.1 Å². The number of unbranched alkanes of at least 4 members (excludes halogenated alkanes) is 1. The summed E-state index contributed by atoms with van der Waals surface area (Å²) in [7, 11) is 0. The lowest BCUT2D eigenvalue weighted by Gasteiger charge is -2.25. The molecule has 0 aromatic carbocycles. The first-order chi connectivity index (χ1) is 14.0. The minimum absolute atomic E-state index is 0.261. The highest BCUT2D eigenvalue weighted by Crippen LogP contribution is 2.06. The van der Waals surface area contributed by atoms with E-state index < -0.39 is 54.0 Å². The second kappa shape index (κ2) is 15.0. The molecule has 0 heterocycles. The summed E-state index contributed by atoms with van der Waals surface area (Å²) in [6.45, 7) is 3.10. The first kappa shape index (κ1) is 28.1. The number of rotatable bonds is 15. The van der Waals surface area contributed by atoms with Crippen LogP contribution in [0.25, 0.3) is 0 Å². The van der Waals surface area contributed by atoms with Crippen LogP contribution in [0.2, 0.25) is 0 Å². The number of aliphatic hydroxyl groups is 1. The first-order valence-corrected chi connectivity index (χ1v) is 11.2. The maximum absolute atomic E-state index is 12.8. The number of carboxylic acids is 1. The highest BCUT2D eigenvalue weighted by molar-refractivity contribution is 7.98. The number of carboxylic acid groups (broad SMARTS) is 1. The predicted octanol–water partition coefficient (Wildman–Crippen LogP) is -1.86. The van der Waals surface area contributed by atoms with Gasteiger partial charge in [-0.1, -0.05) is 0 Å². The zero-order valence-electron chi connectivity index (χ0n) is 17.7. The van der Waals surface area contributed by atoms with Crippen molar-refractivity contribution in [3.05, 3.63) is 0 Å². The maximum atomic E-state index is 12.8. The number of hydrogen-bond donors (Lipinski definition) is 7. The molecule has 0 saturated carbocycles. The fraction of sp³-hybridized carbons (Fsp3) is 0.778. The lowest BCUT2D eigenvalue weighted by Crippen LogP contribution is -2.58. The van der Waals surface area contributed by atoms with E-state index in [1.54, 1.807) is 0 Å². The number of nitrogens with two attached hydrogens (primary N) is 2. The average molecular weight is 450 g/mol. The van der Waals surface area contributed by atoms with Crippen molar-refractivity contribution in [2.45, 2.75) is 69.8 Å². The van der Waals surface area contributed by atoms with Crippen molar-refractivity contribution in [1.82, 2.24) is 16.0 Å². The van der Waals surface area contributed by atoms with Crippen LogP contribution in [0.4, 0.5) is 0 Å². The van der Waals surface area contributed by atoms with Crippen molar-refractivity contribution in [2.75, 3.05) is 18.6 Å². The normalized spacial score (nSPS) is 15.9. The van der Waals surface area contributed by atoms with Gasteiger partial charge in [0.15, 0.2) is 0 Å². The van der Waals surface area contributed by atoms with E-state index in [1.807, 2.05) is 6.26 Å². The number of carbonyl (C=O) groups is 4. The molecule has 12 heteroatoms. The van der Waals surface area contributed by atoms with Crippen LogP contribution in [-0.2, 0) is 19.2 Å². The largest absolute Gasteiger partial charge is 0.480 e. The zero-order chi connectivity index (χ0) is 23.3. The third-order valence-electron chi connectivity index (χ3n) is 4.38. The number of nitrogens with one attached hydrogen (secondary N) is 3. The highest BCUT2D eigenvalue weighted by Gasteiger charge is 2.29. The summed E-state index contributed by atoms with van der Waals surface area (Å²) in [5, 5.41) is 25.9. The van der Waals surface area contributed by atoms with Crippen LogP contribution in [0.5, 0.6) is 0 Å². The molecule has 0 fully saturated rings. The van der Waals surface area contributed by atoms with Crippen molar-refractivity contribution in [1.29, 1.82) is 0 Å². The fourth-order valence-electron chi connectivity index (χ4n) is 2.40. The second-order valence-electron chi connectivity index (χ2n) is 7.02. The molecule has 0 aliphatic rings. The van der Waals surface area contributed by atoms with Crippen LogP contribution in [0, 0.1) is 0 Å². The van der Waals surface area contributed by atoms with Crippen LogP contribution in [0.3, 0.4) is 0 Å². The summed E-state index contributed by atoms with van der Waals surface area (Å²) in [4.78, 5) is 48.4. The van der Waals surface area contributed by atoms with E-state index in [1.165, 1.54) is 25.6 Å². The van der Waals surface area contributed by atoms with E-state index in [-0.39, 0.29) is 12.8 Å². The van der Waals surface area contributed by atoms with Gasteiger partial charge in [-0.25, -0.2) is 0 Å². The molecule has 0 saturated heterocycles. The molecule has 0 bridgehead atoms. The van der Waals surface area contributed by atoms with Gasteiger partial charge < -0.3 is 37.6 Å². The SMILES string of the molecule is CSCCC(NC(=O)C(N)C(C)O)C(=O)NC(CCCCN)C(=O)NC(C)C(=O)O. The Kier molecular flexibility index (Phi) is 14.0. The minimum Gasteiger partial charge on any atom is -0.480 e. The van der Waals surface area contributed by atoms with Crippen LogP contribution >= 0.6 is 11.8 Å². The quantitative estimate of drug-likeness (QED) is 0.140. The number of thioether (sulfide) groups is 1. The van der Waals surface area contributed by atoms with E-state index in [0.717, 1.165) is 0 Å². The molecule has 5 atom stereocenters. The number of aliphatic carboxylic acids is 1. The molecule has 0 radical (unpaired) electrons. The topological polar surface area (TPSA) is 197 Å². The smallest absolute Gasteiger partial charge is 0.325 e. The van der Waals surface area contributed by atoms with Gasteiger partial charge in [0.1, 0.15) is 24.2 Å². The Morgan fingerprint density at radius 2 is 1.47 bits per heavy atom. The standard InChI is InChI=1S/C18H35N5O6S/c1-10(18(28)29)21-15(25)12(6-4-5-8-19)22-16(26)13(7-9-30-3)23-17(27)14(20)11(2)24/h10-14,24H,4-9,19-20H2,1-3H3,(H,21,25)(H,22,26)(H,23,27)(H,28,29). The summed E-state index contributed by atoms with van der Waals surface area (Å²) in [6.07, 6.45) is 2.47. The zero-order valence-corrected chi connectivity index (χ0v) is 18.5. The third-order valence-corrected chi connectivity index (χ3v) is 5.02. The Labute approximate surface area is 181 Å². The van der Waals surface area contributed by atoms with Gasteiger partial charge in [-0.15, -0.1) is 0 Å². The summed E-state index contributed by atoms with van der Waals surface area (Å²) in [6, 6.07) is -4.27.